The Labute approximate surface area is 149 Å². The van der Waals surface area contributed by atoms with E-state index in [0.717, 1.165) is 5.92 Å². The van der Waals surface area contributed by atoms with Crippen LogP contribution in [0.4, 0.5) is 0 Å². The van der Waals surface area contributed by atoms with Crippen molar-refractivity contribution in [3.63, 3.8) is 0 Å². The number of esters is 1. The second-order valence-corrected chi connectivity index (χ2v) is 7.83. The molecule has 0 N–H and O–H groups in total. The van der Waals surface area contributed by atoms with Gasteiger partial charge in [-0.3, -0.25) is 9.59 Å². The molecule has 5 atom stereocenters. The van der Waals surface area contributed by atoms with Crippen LogP contribution in [0.15, 0.2) is 30.3 Å². The van der Waals surface area contributed by atoms with Crippen molar-refractivity contribution in [1.82, 2.24) is 4.90 Å². The third-order valence-electron chi connectivity index (χ3n) is 7.00. The quantitative estimate of drug-likeness (QED) is 0.745. The SMILES string of the molecule is CCN(C(=O)CCC(=O)OC)C1C2CCC3CC32C1c1ccccc1. The molecule has 3 aliphatic rings. The largest absolute Gasteiger partial charge is 0.469 e. The van der Waals surface area contributed by atoms with E-state index >= 15 is 0 Å². The number of amides is 1. The first kappa shape index (κ1) is 16.6. The maximum Gasteiger partial charge on any atom is 0.306 e. The standard InChI is InChI=1S/C21H27NO3/c1-3-22(17(23)11-12-18(24)25-2)20-16-10-9-15-13-21(15,16)19(20)14-7-5-4-6-8-14/h4-8,15-16,19-20H,3,9-13H2,1-2H3. The molecule has 5 unspecified atom stereocenters. The fourth-order valence-electron chi connectivity index (χ4n) is 5.95. The molecule has 0 aliphatic heterocycles. The Balaban J connectivity index is 1.56. The third kappa shape index (κ3) is 2.41. The minimum Gasteiger partial charge on any atom is -0.469 e. The maximum atomic E-state index is 12.8. The van der Waals surface area contributed by atoms with Crippen LogP contribution in [-0.4, -0.2) is 36.5 Å². The van der Waals surface area contributed by atoms with Gasteiger partial charge in [0.2, 0.25) is 5.91 Å². The molecule has 1 aromatic carbocycles. The smallest absolute Gasteiger partial charge is 0.306 e. The Bertz CT molecular complexity index is 673. The van der Waals surface area contributed by atoms with E-state index in [2.05, 4.69) is 46.9 Å². The number of carbonyl (C=O) groups excluding carboxylic acids is 2. The molecule has 1 aromatic rings. The van der Waals surface area contributed by atoms with Crippen molar-refractivity contribution in [2.45, 2.75) is 51.0 Å². The van der Waals surface area contributed by atoms with Crippen LogP contribution >= 0.6 is 0 Å². The normalized spacial score (nSPS) is 34.5. The van der Waals surface area contributed by atoms with Crippen LogP contribution in [0.2, 0.25) is 0 Å². The molecule has 0 aromatic heterocycles. The Hall–Kier alpha value is -1.84. The molecule has 3 saturated carbocycles. The summed E-state index contributed by atoms with van der Waals surface area (Å²) in [5.41, 5.74) is 1.84. The summed E-state index contributed by atoms with van der Waals surface area (Å²) in [6.45, 7) is 2.77. The predicted molar refractivity (Wildman–Crippen MR) is 94.9 cm³/mol. The first-order chi connectivity index (χ1) is 12.1. The van der Waals surface area contributed by atoms with E-state index in [4.69, 9.17) is 0 Å². The average molecular weight is 341 g/mol. The van der Waals surface area contributed by atoms with Crippen molar-refractivity contribution >= 4 is 11.9 Å². The van der Waals surface area contributed by atoms with Gasteiger partial charge in [0.1, 0.15) is 0 Å². The van der Waals surface area contributed by atoms with Crippen LogP contribution in [-0.2, 0) is 14.3 Å². The Morgan fingerprint density at radius 1 is 1.20 bits per heavy atom. The summed E-state index contributed by atoms with van der Waals surface area (Å²) in [5, 5.41) is 0. The number of carbonyl (C=O) groups is 2. The van der Waals surface area contributed by atoms with Crippen molar-refractivity contribution in [3.05, 3.63) is 35.9 Å². The lowest BCUT2D eigenvalue weighted by Crippen LogP contribution is -2.60. The summed E-state index contributed by atoms with van der Waals surface area (Å²) in [6, 6.07) is 11.0. The zero-order valence-electron chi connectivity index (χ0n) is 15.1. The summed E-state index contributed by atoms with van der Waals surface area (Å²) >= 11 is 0. The minimum atomic E-state index is -0.308. The molecule has 0 saturated heterocycles. The number of rotatable bonds is 6. The van der Waals surface area contributed by atoms with Crippen LogP contribution in [0.1, 0.15) is 50.5 Å². The highest BCUT2D eigenvalue weighted by Gasteiger charge is 2.77. The van der Waals surface area contributed by atoms with Crippen LogP contribution < -0.4 is 0 Å². The van der Waals surface area contributed by atoms with Gasteiger partial charge in [0.25, 0.3) is 0 Å². The molecule has 0 heterocycles. The molecule has 0 radical (unpaired) electrons. The van der Waals surface area contributed by atoms with Crippen molar-refractivity contribution in [2.75, 3.05) is 13.7 Å². The van der Waals surface area contributed by atoms with Gasteiger partial charge >= 0.3 is 5.97 Å². The zero-order chi connectivity index (χ0) is 17.6. The minimum absolute atomic E-state index is 0.0952. The first-order valence-electron chi connectivity index (χ1n) is 9.54. The molecule has 1 amide bonds. The topological polar surface area (TPSA) is 46.6 Å². The highest BCUT2D eigenvalue weighted by Crippen LogP contribution is 2.81. The summed E-state index contributed by atoms with van der Waals surface area (Å²) in [4.78, 5) is 26.3. The van der Waals surface area contributed by atoms with Crippen LogP contribution in [0.5, 0.6) is 0 Å². The fraction of sp³-hybridized carbons (Fsp3) is 0.619. The lowest BCUT2D eigenvalue weighted by molar-refractivity contribution is -0.147. The average Bonchev–Trinajstić information content (AvgIpc) is 3.30. The molecule has 4 heteroatoms. The number of likely N-dealkylation sites (N-methyl/N-ethyl adjacent to an activating group) is 1. The van der Waals surface area contributed by atoms with Gasteiger partial charge in [0, 0.05) is 24.9 Å². The fourth-order valence-corrected chi connectivity index (χ4v) is 5.95. The molecular formula is C21H27NO3. The molecular weight excluding hydrogens is 314 g/mol. The van der Waals surface area contributed by atoms with E-state index in [9.17, 15) is 9.59 Å². The second kappa shape index (κ2) is 6.15. The lowest BCUT2D eigenvalue weighted by Gasteiger charge is -2.56. The van der Waals surface area contributed by atoms with Gasteiger partial charge in [0.15, 0.2) is 0 Å². The van der Waals surface area contributed by atoms with Gasteiger partial charge in [-0.1, -0.05) is 30.3 Å². The Kier molecular flexibility index (Phi) is 4.09. The number of methoxy groups -OCH3 is 1. The van der Waals surface area contributed by atoms with Crippen molar-refractivity contribution in [2.24, 2.45) is 17.3 Å². The molecule has 3 fully saturated rings. The van der Waals surface area contributed by atoms with Gasteiger partial charge < -0.3 is 9.64 Å². The lowest BCUT2D eigenvalue weighted by atomic mass is 9.55. The summed E-state index contributed by atoms with van der Waals surface area (Å²) in [6.07, 6.45) is 4.33. The van der Waals surface area contributed by atoms with Gasteiger partial charge in [-0.15, -0.1) is 0 Å². The van der Waals surface area contributed by atoms with E-state index in [1.54, 1.807) is 0 Å². The highest BCUT2D eigenvalue weighted by atomic mass is 16.5. The maximum absolute atomic E-state index is 12.8. The van der Waals surface area contributed by atoms with Gasteiger partial charge in [-0.2, -0.15) is 0 Å². The number of ether oxygens (including phenoxy) is 1. The molecule has 0 bridgehead atoms. The molecule has 3 aliphatic carbocycles. The van der Waals surface area contributed by atoms with E-state index in [1.165, 1.54) is 31.9 Å². The number of benzene rings is 1. The molecule has 25 heavy (non-hydrogen) atoms. The Morgan fingerprint density at radius 3 is 2.60 bits per heavy atom. The number of hydrogen-bond donors (Lipinski definition) is 0. The monoisotopic (exact) mass is 341 g/mol. The van der Waals surface area contributed by atoms with Crippen LogP contribution in [0.25, 0.3) is 0 Å². The Morgan fingerprint density at radius 2 is 1.96 bits per heavy atom. The summed E-state index contributed by atoms with van der Waals surface area (Å²) in [5.74, 6) is 1.76. The molecule has 134 valence electrons. The number of hydrogen-bond acceptors (Lipinski definition) is 3. The van der Waals surface area contributed by atoms with Crippen molar-refractivity contribution in [3.8, 4) is 0 Å². The molecule has 4 nitrogen and oxygen atoms in total. The van der Waals surface area contributed by atoms with Crippen molar-refractivity contribution in [1.29, 1.82) is 0 Å². The first-order valence-corrected chi connectivity index (χ1v) is 9.54. The van der Waals surface area contributed by atoms with Gasteiger partial charge in [-0.05, 0) is 49.0 Å². The summed E-state index contributed by atoms with van der Waals surface area (Å²) < 4.78 is 4.69. The van der Waals surface area contributed by atoms with Crippen molar-refractivity contribution < 1.29 is 14.3 Å². The summed E-state index contributed by atoms with van der Waals surface area (Å²) in [7, 11) is 1.37. The van der Waals surface area contributed by atoms with Gasteiger partial charge in [0.05, 0.1) is 13.5 Å². The molecule has 4 rings (SSSR count). The second-order valence-electron chi connectivity index (χ2n) is 7.83. The van der Waals surface area contributed by atoms with E-state index < -0.39 is 0 Å². The van der Waals surface area contributed by atoms with Gasteiger partial charge in [-0.25, -0.2) is 0 Å². The predicted octanol–water partition coefficient (Wildman–Crippen LogP) is 3.37. The van der Waals surface area contributed by atoms with E-state index in [0.29, 0.717) is 29.8 Å². The third-order valence-corrected chi connectivity index (χ3v) is 7.00. The van der Waals surface area contributed by atoms with Crippen LogP contribution in [0.3, 0.4) is 0 Å². The van der Waals surface area contributed by atoms with E-state index in [1.807, 2.05) is 0 Å². The number of nitrogens with zero attached hydrogens (tertiary/aromatic N) is 1. The zero-order valence-corrected chi connectivity index (χ0v) is 15.1. The molecule has 1 spiro atoms. The van der Waals surface area contributed by atoms with E-state index in [-0.39, 0.29) is 24.7 Å². The van der Waals surface area contributed by atoms with Crippen LogP contribution in [0, 0.1) is 17.3 Å². The highest BCUT2D eigenvalue weighted by molar-refractivity contribution is 5.82.